The first-order valence-electron chi connectivity index (χ1n) is 12.0. The monoisotopic (exact) mass is 533 g/mol. The highest BCUT2D eigenvalue weighted by Crippen LogP contribution is 2.59. The number of fused-ring (bicyclic) bond motifs is 4. The molecular weight excluding hydrogens is 510 g/mol. The summed E-state index contributed by atoms with van der Waals surface area (Å²) in [5.41, 5.74) is 13.3. The second-order valence-corrected chi connectivity index (χ2v) is 12.4. The summed E-state index contributed by atoms with van der Waals surface area (Å²) in [5, 5.41) is 1.33. The number of thiophene rings is 1. The second kappa shape index (κ2) is 7.68. The first kappa shape index (κ1) is 21.2. The highest BCUT2D eigenvalue weighted by molar-refractivity contribution is 9.11. The fourth-order valence-electron chi connectivity index (χ4n) is 5.77. The van der Waals surface area contributed by atoms with Crippen LogP contribution in [-0.4, -0.2) is 0 Å². The molecule has 0 radical (unpaired) electrons. The highest BCUT2D eigenvalue weighted by atomic mass is 79.9. The number of rotatable bonds is 2. The van der Waals surface area contributed by atoms with Gasteiger partial charge < -0.3 is 4.90 Å². The van der Waals surface area contributed by atoms with Crippen LogP contribution in [0.25, 0.3) is 22.3 Å². The number of hydrogen-bond donors (Lipinski definition) is 0. The van der Waals surface area contributed by atoms with Crippen LogP contribution in [-0.2, 0) is 11.8 Å². The summed E-state index contributed by atoms with van der Waals surface area (Å²) in [7, 11) is 0. The van der Waals surface area contributed by atoms with Crippen molar-refractivity contribution in [3.63, 3.8) is 0 Å². The molecule has 4 aromatic carbocycles. The van der Waals surface area contributed by atoms with Gasteiger partial charge in [-0.2, -0.15) is 0 Å². The van der Waals surface area contributed by atoms with E-state index >= 15 is 0 Å². The summed E-state index contributed by atoms with van der Waals surface area (Å²) in [4.78, 5) is 2.53. The Kier molecular flexibility index (Phi) is 4.64. The third kappa shape index (κ3) is 3.18. The van der Waals surface area contributed by atoms with Crippen molar-refractivity contribution in [2.45, 2.75) is 25.7 Å². The van der Waals surface area contributed by atoms with Gasteiger partial charge in [0.1, 0.15) is 5.00 Å². The van der Waals surface area contributed by atoms with Crippen molar-refractivity contribution >= 4 is 43.6 Å². The number of hydrogen-bond acceptors (Lipinski definition) is 2. The highest BCUT2D eigenvalue weighted by Gasteiger charge is 2.42. The quantitative estimate of drug-likeness (QED) is 0.214. The van der Waals surface area contributed by atoms with E-state index in [0.29, 0.717) is 0 Å². The first-order chi connectivity index (χ1) is 17.0. The lowest BCUT2D eigenvalue weighted by Crippen LogP contribution is -2.32. The second-order valence-electron chi connectivity index (χ2n) is 10.0. The number of benzene rings is 4. The summed E-state index contributed by atoms with van der Waals surface area (Å²) in [5.74, 6) is 0. The minimum Gasteiger partial charge on any atom is -0.301 e. The minimum absolute atomic E-state index is 0.0787. The van der Waals surface area contributed by atoms with E-state index in [1.807, 2.05) is 11.3 Å². The summed E-state index contributed by atoms with van der Waals surface area (Å²) in [6, 6.07) is 35.7. The Balaban J connectivity index is 1.50. The van der Waals surface area contributed by atoms with Crippen molar-refractivity contribution in [1.29, 1.82) is 0 Å². The van der Waals surface area contributed by atoms with Crippen molar-refractivity contribution in [1.82, 2.24) is 0 Å². The lowest BCUT2D eigenvalue weighted by Gasteiger charge is -2.44. The molecule has 3 heterocycles. The van der Waals surface area contributed by atoms with Gasteiger partial charge in [0.25, 0.3) is 0 Å². The fraction of sp³-hybridized carbons (Fsp3) is 0.125. The summed E-state index contributed by atoms with van der Waals surface area (Å²) < 4.78 is 1.18. The van der Waals surface area contributed by atoms with E-state index in [9.17, 15) is 0 Å². The zero-order valence-corrected chi connectivity index (χ0v) is 22.1. The van der Waals surface area contributed by atoms with Gasteiger partial charge in [0.05, 0.1) is 15.2 Å². The normalized spacial score (nSPS) is 14.8. The summed E-state index contributed by atoms with van der Waals surface area (Å²) in [6.07, 6.45) is 0.938. The lowest BCUT2D eigenvalue weighted by atomic mass is 9.72. The van der Waals surface area contributed by atoms with E-state index in [2.05, 4.69) is 132 Å². The molecule has 0 saturated carbocycles. The van der Waals surface area contributed by atoms with Crippen molar-refractivity contribution in [2.75, 3.05) is 4.90 Å². The van der Waals surface area contributed by atoms with Crippen molar-refractivity contribution in [3.05, 3.63) is 123 Å². The molecule has 0 bridgehead atoms. The molecule has 0 unspecified atom stereocenters. The standard InChI is InChI=1S/C32H24BrNS/c1-32(2)26-18-23(21-11-7-4-8-12-21)16-25-17-24-15-22(20-9-5-3-6-10-20)13-14-28(24)34(30(25)26)31-27(32)19-29(33)35-31/h3-16,18-19H,17H2,1-2H3. The minimum atomic E-state index is -0.0787. The van der Waals surface area contributed by atoms with Crippen molar-refractivity contribution in [2.24, 2.45) is 0 Å². The van der Waals surface area contributed by atoms with Crippen LogP contribution < -0.4 is 4.90 Å². The van der Waals surface area contributed by atoms with Crippen molar-refractivity contribution < 1.29 is 0 Å². The third-order valence-corrected chi connectivity index (χ3v) is 9.18. The smallest absolute Gasteiger partial charge is 0.105 e. The molecule has 7 rings (SSSR count). The molecule has 5 aromatic rings. The molecule has 170 valence electrons. The number of nitrogens with zero attached hydrogens (tertiary/aromatic N) is 1. The Hall–Kier alpha value is -3.14. The zero-order chi connectivity index (χ0) is 23.7. The van der Waals surface area contributed by atoms with Crippen LogP contribution in [0.15, 0.2) is 101 Å². The Labute approximate surface area is 218 Å². The van der Waals surface area contributed by atoms with Gasteiger partial charge in [0.15, 0.2) is 0 Å². The van der Waals surface area contributed by atoms with E-state index < -0.39 is 0 Å². The van der Waals surface area contributed by atoms with Gasteiger partial charge in [-0.25, -0.2) is 0 Å². The van der Waals surface area contributed by atoms with Gasteiger partial charge in [0.2, 0.25) is 0 Å². The fourth-order valence-corrected chi connectivity index (χ4v) is 7.53. The number of anilines is 3. The van der Waals surface area contributed by atoms with Crippen LogP contribution in [0.2, 0.25) is 0 Å². The van der Waals surface area contributed by atoms with Gasteiger partial charge in [-0.3, -0.25) is 0 Å². The third-order valence-electron chi connectivity index (χ3n) is 7.56. The van der Waals surface area contributed by atoms with Gasteiger partial charge in [-0.05, 0) is 90.8 Å². The SMILES string of the molecule is CC1(C)c2cc(Br)sc2N2c3ccc(-c4ccccc4)cc3Cc3cc(-c4ccccc4)cc1c32. The molecule has 0 fully saturated rings. The van der Waals surface area contributed by atoms with Crippen molar-refractivity contribution in [3.8, 4) is 22.3 Å². The predicted octanol–water partition coefficient (Wildman–Crippen LogP) is 9.86. The van der Waals surface area contributed by atoms with Crippen LogP contribution >= 0.6 is 27.3 Å². The van der Waals surface area contributed by atoms with Gasteiger partial charge in [-0.1, -0.05) is 80.6 Å². The molecule has 2 aliphatic rings. The van der Waals surface area contributed by atoms with Crippen LogP contribution in [0.3, 0.4) is 0 Å². The maximum absolute atomic E-state index is 3.81. The van der Waals surface area contributed by atoms with E-state index in [1.165, 1.54) is 64.7 Å². The Morgan fingerprint density at radius 1 is 0.686 bits per heavy atom. The Morgan fingerprint density at radius 3 is 2.06 bits per heavy atom. The van der Waals surface area contributed by atoms with E-state index in [4.69, 9.17) is 0 Å². The van der Waals surface area contributed by atoms with E-state index in [1.54, 1.807) is 0 Å². The zero-order valence-electron chi connectivity index (χ0n) is 19.7. The molecule has 0 N–H and O–H groups in total. The van der Waals surface area contributed by atoms with Crippen LogP contribution in [0, 0.1) is 0 Å². The van der Waals surface area contributed by atoms with Crippen LogP contribution in [0.1, 0.15) is 36.1 Å². The van der Waals surface area contributed by atoms with Gasteiger partial charge in [-0.15, -0.1) is 11.3 Å². The summed E-state index contributed by atoms with van der Waals surface area (Å²) in [6.45, 7) is 4.75. The first-order valence-corrected chi connectivity index (χ1v) is 13.6. The van der Waals surface area contributed by atoms with Crippen LogP contribution in [0.4, 0.5) is 16.4 Å². The maximum Gasteiger partial charge on any atom is 0.105 e. The molecule has 35 heavy (non-hydrogen) atoms. The molecule has 1 nitrogen and oxygen atoms in total. The molecule has 0 aliphatic carbocycles. The Bertz CT molecular complexity index is 1600. The molecule has 0 atom stereocenters. The van der Waals surface area contributed by atoms with E-state index in [0.717, 1.165) is 6.42 Å². The maximum atomic E-state index is 3.81. The lowest BCUT2D eigenvalue weighted by molar-refractivity contribution is 0.633. The largest absolute Gasteiger partial charge is 0.301 e. The topological polar surface area (TPSA) is 3.24 Å². The molecule has 1 aromatic heterocycles. The molecule has 3 heteroatoms. The summed E-state index contributed by atoms with van der Waals surface area (Å²) >= 11 is 5.65. The molecule has 0 spiro atoms. The van der Waals surface area contributed by atoms with Gasteiger partial charge in [0, 0.05) is 11.8 Å². The molecule has 0 amide bonds. The molecule has 0 saturated heterocycles. The predicted molar refractivity (Wildman–Crippen MR) is 153 cm³/mol. The van der Waals surface area contributed by atoms with E-state index in [-0.39, 0.29) is 5.41 Å². The number of halogens is 1. The van der Waals surface area contributed by atoms with Crippen LogP contribution in [0.5, 0.6) is 0 Å². The molecule has 2 aliphatic heterocycles. The Morgan fingerprint density at radius 2 is 1.34 bits per heavy atom. The average Bonchev–Trinajstić information content (AvgIpc) is 3.29. The van der Waals surface area contributed by atoms with Gasteiger partial charge >= 0.3 is 0 Å². The molecular formula is C32H24BrNS. The average molecular weight is 535 g/mol.